The van der Waals surface area contributed by atoms with E-state index >= 15 is 0 Å². The van der Waals surface area contributed by atoms with E-state index in [1.165, 1.54) is 11.1 Å². The van der Waals surface area contributed by atoms with E-state index in [1.54, 1.807) is 0 Å². The summed E-state index contributed by atoms with van der Waals surface area (Å²) in [5.41, 5.74) is 8.40. The number of aryl methyl sites for hydroxylation is 1. The van der Waals surface area contributed by atoms with Crippen molar-refractivity contribution in [1.82, 2.24) is 4.90 Å². The van der Waals surface area contributed by atoms with E-state index in [1.807, 2.05) is 11.9 Å². The molecule has 3 nitrogen and oxygen atoms in total. The van der Waals surface area contributed by atoms with Crippen LogP contribution in [-0.4, -0.2) is 24.5 Å². The molecule has 3 heteroatoms. The SMILES string of the molecule is CCc1ccc(C2CN=C(N)N2C)cc1. The topological polar surface area (TPSA) is 41.6 Å². The predicted molar refractivity (Wildman–Crippen MR) is 62.8 cm³/mol. The van der Waals surface area contributed by atoms with Crippen molar-refractivity contribution in [2.45, 2.75) is 19.4 Å². The van der Waals surface area contributed by atoms with E-state index in [2.05, 4.69) is 36.2 Å². The summed E-state index contributed by atoms with van der Waals surface area (Å²) in [4.78, 5) is 6.27. The third kappa shape index (κ3) is 1.82. The minimum atomic E-state index is 0.316. The van der Waals surface area contributed by atoms with E-state index < -0.39 is 0 Å². The van der Waals surface area contributed by atoms with Gasteiger partial charge in [0.1, 0.15) is 0 Å². The lowest BCUT2D eigenvalue weighted by Crippen LogP contribution is -2.32. The third-order valence-electron chi connectivity index (χ3n) is 3.03. The quantitative estimate of drug-likeness (QED) is 0.792. The van der Waals surface area contributed by atoms with Gasteiger partial charge in [0.25, 0.3) is 0 Å². The van der Waals surface area contributed by atoms with Crippen LogP contribution < -0.4 is 5.73 Å². The Labute approximate surface area is 90.6 Å². The maximum atomic E-state index is 5.74. The van der Waals surface area contributed by atoms with Crippen molar-refractivity contribution >= 4 is 5.96 Å². The van der Waals surface area contributed by atoms with Crippen LogP contribution in [0.5, 0.6) is 0 Å². The lowest BCUT2D eigenvalue weighted by atomic mass is 10.0. The molecule has 0 saturated carbocycles. The molecule has 1 unspecified atom stereocenters. The molecule has 2 rings (SSSR count). The van der Waals surface area contributed by atoms with E-state index in [4.69, 9.17) is 5.73 Å². The molecule has 1 aromatic carbocycles. The monoisotopic (exact) mass is 203 g/mol. The number of rotatable bonds is 2. The molecule has 80 valence electrons. The summed E-state index contributed by atoms with van der Waals surface area (Å²) < 4.78 is 0. The third-order valence-corrected chi connectivity index (χ3v) is 3.03. The predicted octanol–water partition coefficient (Wildman–Crippen LogP) is 1.55. The summed E-state index contributed by atoms with van der Waals surface area (Å²) in [6, 6.07) is 9.02. The summed E-state index contributed by atoms with van der Waals surface area (Å²) in [7, 11) is 1.99. The van der Waals surface area contributed by atoms with Crippen LogP contribution in [0.2, 0.25) is 0 Å². The van der Waals surface area contributed by atoms with E-state index in [-0.39, 0.29) is 0 Å². The Balaban J connectivity index is 2.17. The molecule has 1 aromatic rings. The van der Waals surface area contributed by atoms with Crippen molar-refractivity contribution in [3.63, 3.8) is 0 Å². The average Bonchev–Trinajstić information content (AvgIpc) is 2.60. The Bertz CT molecular complexity index is 367. The highest BCUT2D eigenvalue weighted by Crippen LogP contribution is 2.23. The highest BCUT2D eigenvalue weighted by molar-refractivity contribution is 5.80. The number of hydrogen-bond donors (Lipinski definition) is 1. The van der Waals surface area contributed by atoms with Gasteiger partial charge in [0.15, 0.2) is 5.96 Å². The maximum absolute atomic E-state index is 5.74. The highest BCUT2D eigenvalue weighted by atomic mass is 15.3. The number of likely N-dealkylation sites (N-methyl/N-ethyl adjacent to an activating group) is 1. The fraction of sp³-hybridized carbons (Fsp3) is 0.417. The molecule has 15 heavy (non-hydrogen) atoms. The number of benzene rings is 1. The normalized spacial score (nSPS) is 20.5. The van der Waals surface area contributed by atoms with Crippen LogP contribution in [0.15, 0.2) is 29.3 Å². The molecule has 1 heterocycles. The standard InChI is InChI=1S/C12H17N3/c1-3-9-4-6-10(7-5-9)11-8-14-12(13)15(11)2/h4-7,11H,3,8H2,1-2H3,(H2,13,14). The number of aliphatic imine (C=N–C) groups is 1. The first kappa shape index (κ1) is 10.0. The molecule has 0 amide bonds. The van der Waals surface area contributed by atoms with Gasteiger partial charge in [-0.1, -0.05) is 31.2 Å². The first-order valence-corrected chi connectivity index (χ1v) is 5.34. The number of guanidine groups is 1. The summed E-state index contributed by atoms with van der Waals surface area (Å²) in [6.07, 6.45) is 1.08. The van der Waals surface area contributed by atoms with Crippen LogP contribution in [0.1, 0.15) is 24.1 Å². The molecule has 1 aliphatic heterocycles. The van der Waals surface area contributed by atoms with Crippen molar-refractivity contribution in [2.75, 3.05) is 13.6 Å². The van der Waals surface area contributed by atoms with Crippen LogP contribution in [0.3, 0.4) is 0 Å². The van der Waals surface area contributed by atoms with E-state index in [9.17, 15) is 0 Å². The zero-order valence-electron chi connectivity index (χ0n) is 9.27. The zero-order valence-corrected chi connectivity index (χ0v) is 9.27. The molecule has 0 fully saturated rings. The van der Waals surface area contributed by atoms with Gasteiger partial charge >= 0.3 is 0 Å². The second-order valence-electron chi connectivity index (χ2n) is 3.92. The molecule has 0 radical (unpaired) electrons. The van der Waals surface area contributed by atoms with Gasteiger partial charge in [-0.05, 0) is 17.5 Å². The van der Waals surface area contributed by atoms with Gasteiger partial charge in [-0.25, -0.2) is 0 Å². The molecule has 1 atom stereocenters. The fourth-order valence-corrected chi connectivity index (χ4v) is 1.88. The van der Waals surface area contributed by atoms with Crippen LogP contribution in [-0.2, 0) is 6.42 Å². The first-order valence-electron chi connectivity index (χ1n) is 5.34. The largest absolute Gasteiger partial charge is 0.370 e. The van der Waals surface area contributed by atoms with Gasteiger partial charge in [0.05, 0.1) is 12.6 Å². The van der Waals surface area contributed by atoms with Crippen molar-refractivity contribution < 1.29 is 0 Å². The first-order chi connectivity index (χ1) is 7.22. The van der Waals surface area contributed by atoms with Gasteiger partial charge in [-0.3, -0.25) is 4.99 Å². The Morgan fingerprint density at radius 2 is 2.07 bits per heavy atom. The van der Waals surface area contributed by atoms with Crippen molar-refractivity contribution in [2.24, 2.45) is 10.7 Å². The van der Waals surface area contributed by atoms with Crippen LogP contribution in [0, 0.1) is 0 Å². The molecular formula is C12H17N3. The minimum absolute atomic E-state index is 0.316. The lowest BCUT2D eigenvalue weighted by Gasteiger charge is -2.21. The second-order valence-corrected chi connectivity index (χ2v) is 3.92. The molecule has 0 spiro atoms. The molecule has 1 aliphatic rings. The van der Waals surface area contributed by atoms with Gasteiger partial charge in [-0.2, -0.15) is 0 Å². The van der Waals surface area contributed by atoms with Crippen LogP contribution in [0.4, 0.5) is 0 Å². The number of nitrogens with two attached hydrogens (primary N) is 1. The van der Waals surface area contributed by atoms with Gasteiger partial charge in [0.2, 0.25) is 0 Å². The van der Waals surface area contributed by atoms with Gasteiger partial charge in [0, 0.05) is 7.05 Å². The van der Waals surface area contributed by atoms with E-state index in [0.29, 0.717) is 12.0 Å². The molecule has 0 aliphatic carbocycles. The number of nitrogens with zero attached hydrogens (tertiary/aromatic N) is 2. The Morgan fingerprint density at radius 3 is 2.53 bits per heavy atom. The lowest BCUT2D eigenvalue weighted by molar-refractivity contribution is 0.414. The van der Waals surface area contributed by atoms with Crippen molar-refractivity contribution in [3.8, 4) is 0 Å². The molecule has 0 saturated heterocycles. The molecule has 2 N–H and O–H groups in total. The average molecular weight is 203 g/mol. The summed E-state index contributed by atoms with van der Waals surface area (Å²) in [5, 5.41) is 0. The smallest absolute Gasteiger partial charge is 0.191 e. The Hall–Kier alpha value is -1.51. The van der Waals surface area contributed by atoms with Crippen molar-refractivity contribution in [3.05, 3.63) is 35.4 Å². The van der Waals surface area contributed by atoms with E-state index in [0.717, 1.165) is 13.0 Å². The Kier molecular flexibility index (Phi) is 2.62. The van der Waals surface area contributed by atoms with Crippen LogP contribution in [0.25, 0.3) is 0 Å². The summed E-state index contributed by atoms with van der Waals surface area (Å²) in [5.74, 6) is 0.638. The molecule has 0 aromatic heterocycles. The maximum Gasteiger partial charge on any atom is 0.191 e. The van der Waals surface area contributed by atoms with Gasteiger partial charge in [-0.15, -0.1) is 0 Å². The fourth-order valence-electron chi connectivity index (χ4n) is 1.88. The minimum Gasteiger partial charge on any atom is -0.370 e. The highest BCUT2D eigenvalue weighted by Gasteiger charge is 2.23. The Morgan fingerprint density at radius 1 is 1.40 bits per heavy atom. The van der Waals surface area contributed by atoms with Gasteiger partial charge < -0.3 is 10.6 Å². The summed E-state index contributed by atoms with van der Waals surface area (Å²) >= 11 is 0. The molecular weight excluding hydrogens is 186 g/mol. The molecule has 0 bridgehead atoms. The number of hydrogen-bond acceptors (Lipinski definition) is 3. The summed E-state index contributed by atoms with van der Waals surface area (Å²) in [6.45, 7) is 2.94. The van der Waals surface area contributed by atoms with Crippen LogP contribution >= 0.6 is 0 Å². The zero-order chi connectivity index (χ0) is 10.8. The second kappa shape index (κ2) is 3.93. The van der Waals surface area contributed by atoms with Crippen molar-refractivity contribution in [1.29, 1.82) is 0 Å².